The number of halogens is 3. The Morgan fingerprint density at radius 1 is 0.922 bits per heavy atom. The number of piperazine rings is 1. The summed E-state index contributed by atoms with van der Waals surface area (Å²) in [6.07, 6.45) is -3.03. The van der Waals surface area contributed by atoms with Gasteiger partial charge < -0.3 is 23.7 Å². The maximum Gasteiger partial charge on any atom is 0.422 e. The molecule has 11 nitrogen and oxygen atoms in total. The van der Waals surface area contributed by atoms with Crippen molar-refractivity contribution in [3.8, 4) is 23.1 Å². The fraction of sp³-hybridized carbons (Fsp3) is 0.278. The smallest absolute Gasteiger partial charge is 0.422 e. The zero-order valence-electron chi connectivity index (χ0n) is 28.1. The van der Waals surface area contributed by atoms with Crippen LogP contribution in [-0.4, -0.2) is 79.7 Å². The minimum atomic E-state index is -4.39. The monoisotopic (exact) mass is 723 g/mol. The first-order chi connectivity index (χ1) is 24.3. The summed E-state index contributed by atoms with van der Waals surface area (Å²) in [6, 6.07) is 21.8. The van der Waals surface area contributed by atoms with E-state index in [1.54, 1.807) is 42.5 Å². The Kier molecular flexibility index (Phi) is 10.1. The van der Waals surface area contributed by atoms with E-state index in [2.05, 4.69) is 14.6 Å². The molecule has 0 aliphatic carbocycles. The van der Waals surface area contributed by atoms with Gasteiger partial charge in [-0.05, 0) is 66.6 Å². The largest absolute Gasteiger partial charge is 0.495 e. The Morgan fingerprint density at radius 3 is 2.31 bits per heavy atom. The van der Waals surface area contributed by atoms with Gasteiger partial charge in [-0.3, -0.25) is 14.4 Å². The van der Waals surface area contributed by atoms with Crippen LogP contribution in [-0.2, 0) is 23.6 Å². The van der Waals surface area contributed by atoms with Gasteiger partial charge in [-0.15, -0.1) is 0 Å². The Morgan fingerprint density at radius 2 is 1.65 bits per heavy atom. The van der Waals surface area contributed by atoms with Crippen molar-refractivity contribution >= 4 is 32.5 Å². The van der Waals surface area contributed by atoms with Gasteiger partial charge in [0, 0.05) is 57.3 Å². The van der Waals surface area contributed by atoms with Crippen LogP contribution in [0.4, 0.5) is 18.9 Å². The van der Waals surface area contributed by atoms with Gasteiger partial charge >= 0.3 is 6.18 Å². The molecule has 15 heteroatoms. The number of aromatic nitrogens is 2. The lowest BCUT2D eigenvalue weighted by Crippen LogP contribution is -2.48. The SMILES string of the molecule is COc1cc(C)ccc1S(=O)(=O)Nc1ccc(Oc2ccc3cc(C(=O)N4CCN(Cc5ccc(OCC(F)(F)F)cc5)CC4)n(C)c3c2)nc1. The third-order valence-electron chi connectivity index (χ3n) is 8.45. The van der Waals surface area contributed by atoms with Crippen molar-refractivity contribution in [3.05, 3.63) is 102 Å². The van der Waals surface area contributed by atoms with Crippen molar-refractivity contribution in [3.63, 3.8) is 0 Å². The number of carbonyl (C=O) groups is 1. The lowest BCUT2D eigenvalue weighted by molar-refractivity contribution is -0.153. The Labute approximate surface area is 293 Å². The lowest BCUT2D eigenvalue weighted by atomic mass is 10.2. The average molecular weight is 724 g/mol. The van der Waals surface area contributed by atoms with Crippen LogP contribution < -0.4 is 18.9 Å². The number of hydrogen-bond acceptors (Lipinski definition) is 8. The zero-order chi connectivity index (χ0) is 36.3. The van der Waals surface area contributed by atoms with Crippen LogP contribution in [0.1, 0.15) is 21.6 Å². The predicted molar refractivity (Wildman–Crippen MR) is 185 cm³/mol. The topological polar surface area (TPSA) is 115 Å². The molecule has 1 amide bonds. The average Bonchev–Trinajstić information content (AvgIpc) is 3.43. The molecule has 0 spiro atoms. The van der Waals surface area contributed by atoms with E-state index in [4.69, 9.17) is 14.2 Å². The predicted octanol–water partition coefficient (Wildman–Crippen LogP) is 6.38. The summed E-state index contributed by atoms with van der Waals surface area (Å²) >= 11 is 0. The molecule has 1 saturated heterocycles. The van der Waals surface area contributed by atoms with Crippen molar-refractivity contribution < 1.29 is 40.6 Å². The summed E-state index contributed by atoms with van der Waals surface area (Å²) in [5.74, 6) is 1.04. The lowest BCUT2D eigenvalue weighted by Gasteiger charge is -2.34. The molecular weight excluding hydrogens is 687 g/mol. The van der Waals surface area contributed by atoms with Crippen molar-refractivity contribution in [2.75, 3.05) is 44.6 Å². The number of sulfonamides is 1. The molecule has 1 N–H and O–H groups in total. The number of amides is 1. The third-order valence-corrected chi connectivity index (χ3v) is 9.87. The highest BCUT2D eigenvalue weighted by molar-refractivity contribution is 7.92. The normalized spacial score (nSPS) is 14.0. The summed E-state index contributed by atoms with van der Waals surface area (Å²) < 4.78 is 83.6. The summed E-state index contributed by atoms with van der Waals surface area (Å²) in [7, 11) is -0.700. The van der Waals surface area contributed by atoms with Gasteiger partial charge in [-0.2, -0.15) is 13.2 Å². The Balaban J connectivity index is 1.05. The van der Waals surface area contributed by atoms with Crippen LogP contribution in [0.15, 0.2) is 90.0 Å². The number of carbonyl (C=O) groups excluding carboxylic acids is 1. The number of methoxy groups -OCH3 is 1. The van der Waals surface area contributed by atoms with E-state index in [1.807, 2.05) is 41.6 Å². The first-order valence-corrected chi connectivity index (χ1v) is 17.5. The number of pyridine rings is 1. The second-order valence-electron chi connectivity index (χ2n) is 12.2. The van der Waals surface area contributed by atoms with Crippen LogP contribution >= 0.6 is 0 Å². The number of nitrogens with one attached hydrogen (secondary N) is 1. The molecule has 0 atom stereocenters. The summed E-state index contributed by atoms with van der Waals surface area (Å²) in [5, 5.41) is 0.860. The maximum absolute atomic E-state index is 13.6. The second-order valence-corrected chi connectivity index (χ2v) is 13.8. The number of fused-ring (bicyclic) bond motifs is 1. The molecule has 268 valence electrons. The number of nitrogens with zero attached hydrogens (tertiary/aromatic N) is 4. The molecule has 1 aliphatic rings. The molecule has 51 heavy (non-hydrogen) atoms. The molecule has 1 aliphatic heterocycles. The van der Waals surface area contributed by atoms with E-state index in [9.17, 15) is 26.4 Å². The van der Waals surface area contributed by atoms with E-state index >= 15 is 0 Å². The molecule has 0 bridgehead atoms. The van der Waals surface area contributed by atoms with Gasteiger partial charge in [0.25, 0.3) is 15.9 Å². The number of benzene rings is 3. The standard InChI is InChI=1S/C36H36F3N5O6S/c1-24-4-12-33(32(18-24)48-3)51(46,47)41-27-8-13-34(40-21-27)50-29-11-7-26-19-31(42(2)30(26)20-29)35(45)44-16-14-43(15-17-44)22-25-5-9-28(10-6-25)49-23-36(37,38)39/h4-13,18-21,41H,14-17,22-23H2,1-3H3. The van der Waals surface area contributed by atoms with E-state index in [-0.39, 0.29) is 33.9 Å². The second kappa shape index (κ2) is 14.5. The van der Waals surface area contributed by atoms with Crippen LogP contribution in [0, 0.1) is 6.92 Å². The molecular formula is C36H36F3N5O6S. The highest BCUT2D eigenvalue weighted by Crippen LogP contribution is 2.30. The Bertz CT molecular complexity index is 2130. The van der Waals surface area contributed by atoms with E-state index < -0.39 is 22.8 Å². The van der Waals surface area contributed by atoms with Crippen LogP contribution in [0.3, 0.4) is 0 Å². The van der Waals surface area contributed by atoms with E-state index in [0.29, 0.717) is 44.2 Å². The summed E-state index contributed by atoms with van der Waals surface area (Å²) in [6.45, 7) is 3.46. The number of hydrogen-bond donors (Lipinski definition) is 1. The molecule has 3 heterocycles. The van der Waals surface area contributed by atoms with E-state index in [1.165, 1.54) is 31.5 Å². The molecule has 3 aromatic carbocycles. The maximum atomic E-state index is 13.6. The number of aryl methyl sites for hydroxylation is 2. The summed E-state index contributed by atoms with van der Waals surface area (Å²) in [5.41, 5.74) is 3.37. The fourth-order valence-electron chi connectivity index (χ4n) is 5.79. The number of ether oxygens (including phenoxy) is 3. The van der Waals surface area contributed by atoms with Crippen molar-refractivity contribution in [1.29, 1.82) is 0 Å². The highest BCUT2D eigenvalue weighted by atomic mass is 32.2. The third kappa shape index (κ3) is 8.55. The first kappa shape index (κ1) is 35.5. The van der Waals surface area contributed by atoms with Crippen LogP contribution in [0.25, 0.3) is 10.9 Å². The van der Waals surface area contributed by atoms with Crippen molar-refractivity contribution in [2.45, 2.75) is 24.5 Å². The van der Waals surface area contributed by atoms with Crippen molar-refractivity contribution in [2.24, 2.45) is 7.05 Å². The molecule has 0 unspecified atom stereocenters. The molecule has 5 aromatic rings. The highest BCUT2D eigenvalue weighted by Gasteiger charge is 2.29. The minimum Gasteiger partial charge on any atom is -0.495 e. The Hall–Kier alpha value is -5.28. The zero-order valence-corrected chi connectivity index (χ0v) is 28.9. The van der Waals surface area contributed by atoms with Crippen molar-refractivity contribution in [1.82, 2.24) is 19.4 Å². The molecule has 0 radical (unpaired) electrons. The number of alkyl halides is 3. The van der Waals surface area contributed by atoms with Gasteiger partial charge in [0.15, 0.2) is 6.61 Å². The fourth-order valence-corrected chi connectivity index (χ4v) is 6.99. The molecule has 2 aromatic heterocycles. The molecule has 1 fully saturated rings. The first-order valence-electron chi connectivity index (χ1n) is 16.0. The summed E-state index contributed by atoms with van der Waals surface area (Å²) in [4.78, 5) is 21.8. The van der Waals surface area contributed by atoms with Gasteiger partial charge in [0.05, 0.1) is 24.5 Å². The molecule has 6 rings (SSSR count). The number of rotatable bonds is 11. The quantitative estimate of drug-likeness (QED) is 0.167. The van der Waals surface area contributed by atoms with Gasteiger partial charge in [-0.1, -0.05) is 18.2 Å². The van der Waals surface area contributed by atoms with Gasteiger partial charge in [-0.25, -0.2) is 13.4 Å². The molecule has 0 saturated carbocycles. The minimum absolute atomic E-state index is 0.00927. The number of anilines is 1. The van der Waals surface area contributed by atoms with Crippen LogP contribution in [0.2, 0.25) is 0 Å². The van der Waals surface area contributed by atoms with Gasteiger partial charge in [0.2, 0.25) is 5.88 Å². The van der Waals surface area contributed by atoms with Crippen LogP contribution in [0.5, 0.6) is 23.1 Å². The van der Waals surface area contributed by atoms with Gasteiger partial charge in [0.1, 0.15) is 27.8 Å². The van der Waals surface area contributed by atoms with E-state index in [0.717, 1.165) is 22.0 Å².